The molecular weight excluding hydrogens is 506 g/mol. The highest BCUT2D eigenvalue weighted by atomic mass is 35.5. The molecule has 2 amide bonds. The van der Waals surface area contributed by atoms with E-state index < -0.39 is 0 Å². The molecule has 0 unspecified atom stereocenters. The highest BCUT2D eigenvalue weighted by molar-refractivity contribution is 6.30. The maximum absolute atomic E-state index is 13.7. The van der Waals surface area contributed by atoms with E-state index in [0.717, 1.165) is 22.6 Å². The lowest BCUT2D eigenvalue weighted by atomic mass is 9.98. The van der Waals surface area contributed by atoms with Crippen LogP contribution < -0.4 is 9.47 Å². The van der Waals surface area contributed by atoms with Crippen molar-refractivity contribution in [2.24, 2.45) is 5.10 Å². The number of methoxy groups -OCH3 is 3. The third-order valence-corrected chi connectivity index (χ3v) is 6.61. The molecule has 9 heteroatoms. The minimum absolute atomic E-state index is 0.155. The topological polar surface area (TPSA) is 80.7 Å². The number of amides is 2. The Bertz CT molecular complexity index is 1280. The summed E-state index contributed by atoms with van der Waals surface area (Å²) in [6.07, 6.45) is 0.518. The van der Waals surface area contributed by atoms with Crippen molar-refractivity contribution < 1.29 is 23.8 Å². The Hall–Kier alpha value is -3.88. The van der Waals surface area contributed by atoms with Crippen LogP contribution in [0.1, 0.15) is 33.9 Å². The van der Waals surface area contributed by atoms with Crippen molar-refractivity contribution in [3.63, 3.8) is 0 Å². The molecule has 8 nitrogen and oxygen atoms in total. The van der Waals surface area contributed by atoms with Crippen molar-refractivity contribution >= 4 is 29.1 Å². The lowest BCUT2D eigenvalue weighted by molar-refractivity contribution is -0.133. The molecule has 198 valence electrons. The molecule has 0 aromatic heterocycles. The molecule has 0 aliphatic carbocycles. The van der Waals surface area contributed by atoms with Gasteiger partial charge in [-0.25, -0.2) is 5.01 Å². The lowest BCUT2D eigenvalue weighted by Gasteiger charge is -2.27. The summed E-state index contributed by atoms with van der Waals surface area (Å²) in [6.45, 7) is 0.384. The third-order valence-electron chi connectivity index (χ3n) is 6.36. The predicted octanol–water partition coefficient (Wildman–Crippen LogP) is 4.82. The van der Waals surface area contributed by atoms with Crippen molar-refractivity contribution in [3.05, 3.63) is 94.5 Å². The molecule has 0 fully saturated rings. The summed E-state index contributed by atoms with van der Waals surface area (Å²) in [5.74, 6) is 0.802. The molecule has 4 rings (SSSR count). The smallest absolute Gasteiger partial charge is 0.262 e. The highest BCUT2D eigenvalue weighted by Crippen LogP contribution is 2.34. The van der Waals surface area contributed by atoms with Crippen molar-refractivity contribution in [1.82, 2.24) is 9.91 Å². The van der Waals surface area contributed by atoms with Gasteiger partial charge in [-0.3, -0.25) is 9.59 Å². The minimum atomic E-state index is -0.336. The number of benzene rings is 3. The fourth-order valence-electron chi connectivity index (χ4n) is 4.25. The first-order valence-electron chi connectivity index (χ1n) is 12.1. The number of hydrazone groups is 1. The molecule has 1 heterocycles. The Morgan fingerprint density at radius 3 is 2.11 bits per heavy atom. The van der Waals surface area contributed by atoms with Gasteiger partial charge in [0.15, 0.2) is 0 Å². The van der Waals surface area contributed by atoms with Crippen LogP contribution in [-0.2, 0) is 9.53 Å². The van der Waals surface area contributed by atoms with Crippen molar-refractivity contribution in [2.45, 2.75) is 12.5 Å². The largest absolute Gasteiger partial charge is 0.497 e. The number of nitrogens with zero attached hydrogens (tertiary/aromatic N) is 3. The standard InChI is InChI=1S/C29H30ClN3O5/c1-36-17-16-32(29(35)22-8-14-25(38-3)15-9-22)19-28(34)33-27(21-4-10-23(30)11-5-21)18-26(31-33)20-6-12-24(37-2)13-7-20/h4-15,27H,16-19H2,1-3H3/t27-/m0/s1. The quantitative estimate of drug-likeness (QED) is 0.372. The fourth-order valence-corrected chi connectivity index (χ4v) is 4.37. The van der Waals surface area contributed by atoms with Crippen LogP contribution >= 0.6 is 11.6 Å². The average Bonchev–Trinajstić information content (AvgIpc) is 3.41. The number of halogens is 1. The van der Waals surface area contributed by atoms with Gasteiger partial charge in [0.25, 0.3) is 11.8 Å². The SMILES string of the molecule is COCCN(CC(=O)N1N=C(c2ccc(OC)cc2)C[C@H]1c1ccc(Cl)cc1)C(=O)c1ccc(OC)cc1. The number of ether oxygens (including phenoxy) is 3. The maximum atomic E-state index is 13.7. The zero-order valence-electron chi connectivity index (χ0n) is 21.6. The highest BCUT2D eigenvalue weighted by Gasteiger charge is 2.34. The maximum Gasteiger partial charge on any atom is 0.262 e. The molecule has 1 atom stereocenters. The van der Waals surface area contributed by atoms with Gasteiger partial charge in [-0.05, 0) is 71.8 Å². The molecule has 0 radical (unpaired) electrons. The normalized spacial score (nSPS) is 14.7. The van der Waals surface area contributed by atoms with Crippen LogP contribution in [0, 0.1) is 0 Å². The summed E-state index contributed by atoms with van der Waals surface area (Å²) in [5.41, 5.74) is 3.02. The zero-order chi connectivity index (χ0) is 27.1. The first-order valence-corrected chi connectivity index (χ1v) is 12.5. The third kappa shape index (κ3) is 6.33. The van der Waals surface area contributed by atoms with Gasteiger partial charge in [-0.1, -0.05) is 23.7 Å². The summed E-state index contributed by atoms with van der Waals surface area (Å²) in [7, 11) is 4.73. The number of rotatable bonds is 10. The Morgan fingerprint density at radius 2 is 1.53 bits per heavy atom. The van der Waals surface area contributed by atoms with E-state index in [1.165, 1.54) is 9.91 Å². The van der Waals surface area contributed by atoms with Crippen LogP contribution in [0.5, 0.6) is 11.5 Å². The van der Waals surface area contributed by atoms with E-state index in [9.17, 15) is 9.59 Å². The second-order valence-corrected chi connectivity index (χ2v) is 9.17. The van der Waals surface area contributed by atoms with Crippen molar-refractivity contribution in [2.75, 3.05) is 41.0 Å². The molecular formula is C29H30ClN3O5. The first-order chi connectivity index (χ1) is 18.4. The van der Waals surface area contributed by atoms with Crippen LogP contribution in [-0.4, -0.2) is 68.5 Å². The Morgan fingerprint density at radius 1 is 0.921 bits per heavy atom. The Kier molecular flexibility index (Phi) is 8.99. The number of carbonyl (C=O) groups excluding carboxylic acids is 2. The number of carbonyl (C=O) groups is 2. The second kappa shape index (κ2) is 12.6. The molecule has 3 aromatic carbocycles. The van der Waals surface area contributed by atoms with E-state index >= 15 is 0 Å². The van der Waals surface area contributed by atoms with E-state index in [1.54, 1.807) is 57.7 Å². The molecule has 0 N–H and O–H groups in total. The van der Waals surface area contributed by atoms with E-state index in [1.807, 2.05) is 36.4 Å². The summed E-state index contributed by atoms with van der Waals surface area (Å²) >= 11 is 6.11. The summed E-state index contributed by atoms with van der Waals surface area (Å²) in [6, 6.07) is 21.4. The van der Waals surface area contributed by atoms with Gasteiger partial charge in [0, 0.05) is 30.7 Å². The van der Waals surface area contributed by atoms with Gasteiger partial charge in [-0.2, -0.15) is 5.10 Å². The monoisotopic (exact) mass is 535 g/mol. The molecule has 1 aliphatic heterocycles. The molecule has 0 spiro atoms. The Balaban J connectivity index is 1.61. The van der Waals surface area contributed by atoms with E-state index in [-0.39, 0.29) is 37.6 Å². The van der Waals surface area contributed by atoms with Crippen molar-refractivity contribution in [3.8, 4) is 11.5 Å². The minimum Gasteiger partial charge on any atom is -0.497 e. The molecule has 0 saturated carbocycles. The molecule has 3 aromatic rings. The van der Waals surface area contributed by atoms with E-state index in [4.69, 9.17) is 30.9 Å². The molecule has 0 saturated heterocycles. The first kappa shape index (κ1) is 27.2. The van der Waals surface area contributed by atoms with Gasteiger partial charge >= 0.3 is 0 Å². The van der Waals surface area contributed by atoms with E-state index in [2.05, 4.69) is 0 Å². The molecule has 38 heavy (non-hydrogen) atoms. The summed E-state index contributed by atoms with van der Waals surface area (Å²) in [5, 5.41) is 6.81. The van der Waals surface area contributed by atoms with Gasteiger partial charge < -0.3 is 19.1 Å². The van der Waals surface area contributed by atoms with Crippen LogP contribution in [0.4, 0.5) is 0 Å². The second-order valence-electron chi connectivity index (χ2n) is 8.73. The average molecular weight is 536 g/mol. The van der Waals surface area contributed by atoms with E-state index in [0.29, 0.717) is 22.8 Å². The fraction of sp³-hybridized carbons (Fsp3) is 0.276. The van der Waals surface area contributed by atoms with Gasteiger partial charge in [0.05, 0.1) is 32.6 Å². The van der Waals surface area contributed by atoms with Crippen LogP contribution in [0.3, 0.4) is 0 Å². The summed E-state index contributed by atoms with van der Waals surface area (Å²) in [4.78, 5) is 28.5. The Labute approximate surface area is 227 Å². The predicted molar refractivity (Wildman–Crippen MR) is 146 cm³/mol. The molecule has 1 aliphatic rings. The van der Waals surface area contributed by atoms with Gasteiger partial charge in [0.1, 0.15) is 18.0 Å². The summed E-state index contributed by atoms with van der Waals surface area (Å²) < 4.78 is 15.7. The van der Waals surface area contributed by atoms with Crippen molar-refractivity contribution in [1.29, 1.82) is 0 Å². The van der Waals surface area contributed by atoms with Gasteiger partial charge in [0.2, 0.25) is 0 Å². The van der Waals surface area contributed by atoms with Crippen LogP contribution in [0.25, 0.3) is 0 Å². The van der Waals surface area contributed by atoms with Crippen LogP contribution in [0.15, 0.2) is 77.9 Å². The number of hydrogen-bond donors (Lipinski definition) is 0. The zero-order valence-corrected chi connectivity index (χ0v) is 22.4. The lowest BCUT2D eigenvalue weighted by Crippen LogP contribution is -2.42. The van der Waals surface area contributed by atoms with Crippen LogP contribution in [0.2, 0.25) is 5.02 Å². The number of hydrogen-bond acceptors (Lipinski definition) is 6. The molecule has 0 bridgehead atoms. The van der Waals surface area contributed by atoms with Gasteiger partial charge in [-0.15, -0.1) is 0 Å².